The average molecular weight is 279 g/mol. The standard InChI is InChI=1S/C10H7ClN6O2/c1-19-7-3-6-4(8(12)15-10(11)14-6)2-5(7)9(18)16-17-13/h2-3H,1H3,(H2,12,14,15). The molecule has 0 atom stereocenters. The Hall–Kier alpha value is -2.57. The summed E-state index contributed by atoms with van der Waals surface area (Å²) < 4.78 is 5.05. The van der Waals surface area contributed by atoms with Gasteiger partial charge in [0.1, 0.15) is 11.6 Å². The van der Waals surface area contributed by atoms with Gasteiger partial charge in [0.2, 0.25) is 5.28 Å². The zero-order valence-electron chi connectivity index (χ0n) is 9.66. The number of hydrogen-bond donors (Lipinski definition) is 1. The molecule has 96 valence electrons. The van der Waals surface area contributed by atoms with Crippen molar-refractivity contribution in [2.45, 2.75) is 0 Å². The van der Waals surface area contributed by atoms with Gasteiger partial charge >= 0.3 is 0 Å². The van der Waals surface area contributed by atoms with Gasteiger partial charge in [0.05, 0.1) is 18.2 Å². The molecule has 0 fully saturated rings. The first-order chi connectivity index (χ1) is 9.06. The highest BCUT2D eigenvalue weighted by molar-refractivity contribution is 6.28. The van der Waals surface area contributed by atoms with Crippen molar-refractivity contribution in [2.75, 3.05) is 12.8 Å². The minimum absolute atomic E-state index is 0.0128. The number of nitrogens with zero attached hydrogens (tertiary/aromatic N) is 5. The molecule has 0 bridgehead atoms. The van der Waals surface area contributed by atoms with E-state index in [-0.39, 0.29) is 22.4 Å². The van der Waals surface area contributed by atoms with Gasteiger partial charge in [-0.05, 0) is 28.3 Å². The molecule has 0 saturated carbocycles. The fourth-order valence-electron chi connectivity index (χ4n) is 1.58. The van der Waals surface area contributed by atoms with Crippen molar-refractivity contribution in [3.63, 3.8) is 0 Å². The van der Waals surface area contributed by atoms with E-state index in [1.807, 2.05) is 0 Å². The van der Waals surface area contributed by atoms with Gasteiger partial charge in [-0.2, -0.15) is 0 Å². The number of fused-ring (bicyclic) bond motifs is 1. The summed E-state index contributed by atoms with van der Waals surface area (Å²) in [7, 11) is 1.38. The highest BCUT2D eigenvalue weighted by Crippen LogP contribution is 2.28. The summed E-state index contributed by atoms with van der Waals surface area (Å²) in [5.41, 5.74) is 14.5. The number of nitrogen functional groups attached to an aromatic ring is 1. The number of hydrogen-bond acceptors (Lipinski definition) is 5. The average Bonchev–Trinajstić information content (AvgIpc) is 2.37. The van der Waals surface area contributed by atoms with Crippen LogP contribution in [0, 0.1) is 0 Å². The molecule has 0 saturated heterocycles. The summed E-state index contributed by atoms with van der Waals surface area (Å²) in [6.07, 6.45) is 0. The van der Waals surface area contributed by atoms with Gasteiger partial charge in [-0.1, -0.05) is 0 Å². The number of amides is 1. The Morgan fingerprint density at radius 1 is 1.53 bits per heavy atom. The fourth-order valence-corrected chi connectivity index (χ4v) is 1.76. The van der Waals surface area contributed by atoms with Crippen molar-refractivity contribution in [1.29, 1.82) is 0 Å². The third-order valence-corrected chi connectivity index (χ3v) is 2.55. The number of ether oxygens (including phenoxy) is 1. The van der Waals surface area contributed by atoms with Crippen molar-refractivity contribution in [1.82, 2.24) is 9.97 Å². The predicted octanol–water partition coefficient (Wildman–Crippen LogP) is 2.32. The molecule has 0 unspecified atom stereocenters. The molecule has 0 aliphatic rings. The van der Waals surface area contributed by atoms with Crippen LogP contribution in [-0.2, 0) is 0 Å². The van der Waals surface area contributed by atoms with Gasteiger partial charge in [-0.15, -0.1) is 0 Å². The number of carbonyl (C=O) groups excluding carboxylic acids is 1. The highest BCUT2D eigenvalue weighted by atomic mass is 35.5. The number of azide groups is 1. The number of halogens is 1. The maximum absolute atomic E-state index is 11.6. The minimum atomic E-state index is -0.782. The van der Waals surface area contributed by atoms with Crippen molar-refractivity contribution in [3.8, 4) is 5.75 Å². The summed E-state index contributed by atoms with van der Waals surface area (Å²) in [6, 6.07) is 2.87. The van der Waals surface area contributed by atoms with Crippen LogP contribution in [0.15, 0.2) is 17.2 Å². The number of benzene rings is 1. The molecule has 0 radical (unpaired) electrons. The van der Waals surface area contributed by atoms with Crippen LogP contribution in [0.4, 0.5) is 5.82 Å². The van der Waals surface area contributed by atoms with Crippen molar-refractivity contribution >= 4 is 34.2 Å². The Morgan fingerprint density at radius 3 is 2.89 bits per heavy atom. The second-order valence-corrected chi connectivity index (χ2v) is 3.78. The lowest BCUT2D eigenvalue weighted by Crippen LogP contribution is -2.01. The van der Waals surface area contributed by atoms with E-state index < -0.39 is 5.91 Å². The molecule has 8 nitrogen and oxygen atoms in total. The topological polar surface area (TPSA) is 127 Å². The molecule has 1 aromatic carbocycles. The SMILES string of the molecule is COc1cc2nc(Cl)nc(N)c2cc1C(=O)N=[N+]=[N-]. The first-order valence-electron chi connectivity index (χ1n) is 4.97. The first-order valence-corrected chi connectivity index (χ1v) is 5.34. The Balaban J connectivity index is 2.78. The van der Waals surface area contributed by atoms with Crippen LogP contribution in [0.5, 0.6) is 5.75 Å². The summed E-state index contributed by atoms with van der Waals surface area (Å²) >= 11 is 5.69. The van der Waals surface area contributed by atoms with Crippen LogP contribution in [0.1, 0.15) is 10.4 Å². The second-order valence-electron chi connectivity index (χ2n) is 3.44. The van der Waals surface area contributed by atoms with E-state index in [0.29, 0.717) is 10.9 Å². The lowest BCUT2D eigenvalue weighted by Gasteiger charge is -2.08. The Kier molecular flexibility index (Phi) is 3.37. The molecule has 19 heavy (non-hydrogen) atoms. The monoisotopic (exact) mass is 278 g/mol. The van der Waals surface area contributed by atoms with Crippen molar-refractivity contribution < 1.29 is 9.53 Å². The number of anilines is 1. The van der Waals surface area contributed by atoms with E-state index in [9.17, 15) is 4.79 Å². The lowest BCUT2D eigenvalue weighted by atomic mass is 10.1. The van der Waals surface area contributed by atoms with Gasteiger partial charge < -0.3 is 10.5 Å². The molecule has 0 spiro atoms. The fraction of sp³-hybridized carbons (Fsp3) is 0.100. The summed E-state index contributed by atoms with van der Waals surface area (Å²) in [5, 5.41) is 3.42. The maximum Gasteiger partial charge on any atom is 0.252 e. The normalized spacial score (nSPS) is 10.0. The summed E-state index contributed by atoms with van der Waals surface area (Å²) in [5.74, 6) is -0.456. The maximum atomic E-state index is 11.6. The van der Waals surface area contributed by atoms with E-state index in [0.717, 1.165) is 0 Å². The Bertz CT molecular complexity index is 726. The molecule has 0 aliphatic carbocycles. The zero-order valence-corrected chi connectivity index (χ0v) is 10.4. The van der Waals surface area contributed by atoms with Crippen LogP contribution in [-0.4, -0.2) is 23.0 Å². The summed E-state index contributed by atoms with van der Waals surface area (Å²) in [6.45, 7) is 0. The van der Waals surface area contributed by atoms with Gasteiger partial charge in [-0.3, -0.25) is 4.79 Å². The molecular formula is C10H7ClN6O2. The number of carbonyl (C=O) groups is 1. The van der Waals surface area contributed by atoms with Crippen molar-refractivity contribution in [3.05, 3.63) is 33.4 Å². The Labute approximate surface area is 111 Å². The second kappa shape index (κ2) is 4.97. The van der Waals surface area contributed by atoms with E-state index in [4.69, 9.17) is 27.6 Å². The van der Waals surface area contributed by atoms with Crippen LogP contribution >= 0.6 is 11.6 Å². The third kappa shape index (κ3) is 2.35. The quantitative estimate of drug-likeness (QED) is 0.390. The van der Waals surface area contributed by atoms with Crippen LogP contribution in [0.25, 0.3) is 21.3 Å². The molecule has 1 aromatic heterocycles. The van der Waals surface area contributed by atoms with E-state index >= 15 is 0 Å². The molecule has 2 N–H and O–H groups in total. The molecule has 1 amide bonds. The van der Waals surface area contributed by atoms with E-state index in [2.05, 4.69) is 20.0 Å². The molecular weight excluding hydrogens is 272 g/mol. The first kappa shape index (κ1) is 12.9. The third-order valence-electron chi connectivity index (χ3n) is 2.39. The van der Waals surface area contributed by atoms with Gasteiger partial charge in [0.15, 0.2) is 0 Å². The molecule has 0 aliphatic heterocycles. The predicted molar refractivity (Wildman–Crippen MR) is 69.0 cm³/mol. The number of aromatic nitrogens is 2. The smallest absolute Gasteiger partial charge is 0.252 e. The number of nitrogens with two attached hydrogens (primary N) is 1. The van der Waals surface area contributed by atoms with Crippen LogP contribution in [0.3, 0.4) is 0 Å². The van der Waals surface area contributed by atoms with E-state index in [1.165, 1.54) is 19.2 Å². The van der Waals surface area contributed by atoms with Gasteiger partial charge in [0.25, 0.3) is 5.91 Å². The van der Waals surface area contributed by atoms with Crippen LogP contribution in [0.2, 0.25) is 5.28 Å². The van der Waals surface area contributed by atoms with Gasteiger partial charge in [0, 0.05) is 16.4 Å². The molecule has 1 heterocycles. The van der Waals surface area contributed by atoms with Crippen LogP contribution < -0.4 is 10.5 Å². The molecule has 9 heteroatoms. The van der Waals surface area contributed by atoms with Crippen molar-refractivity contribution in [2.24, 2.45) is 5.11 Å². The van der Waals surface area contributed by atoms with Gasteiger partial charge in [-0.25, -0.2) is 9.97 Å². The molecule has 2 rings (SSSR count). The Morgan fingerprint density at radius 2 is 2.26 bits per heavy atom. The molecule has 2 aromatic rings. The highest BCUT2D eigenvalue weighted by Gasteiger charge is 2.15. The van der Waals surface area contributed by atoms with E-state index in [1.54, 1.807) is 0 Å². The zero-order chi connectivity index (χ0) is 14.0. The summed E-state index contributed by atoms with van der Waals surface area (Å²) in [4.78, 5) is 21.8. The lowest BCUT2D eigenvalue weighted by molar-refractivity contribution is 0.0997. The minimum Gasteiger partial charge on any atom is -0.496 e. The number of methoxy groups -OCH3 is 1. The number of rotatable bonds is 2. The largest absolute Gasteiger partial charge is 0.496 e.